The van der Waals surface area contributed by atoms with Gasteiger partial charge < -0.3 is 4.90 Å². The molecule has 0 saturated carbocycles. The summed E-state index contributed by atoms with van der Waals surface area (Å²) in [6.07, 6.45) is 3.80. The maximum absolute atomic E-state index is 8.74. The molecule has 0 atom stereocenters. The number of rotatable bonds is 7. The molecular weight excluding hydrogens is 312 g/mol. The average Bonchev–Trinajstić information content (AvgIpc) is 2.44. The van der Waals surface area contributed by atoms with E-state index in [2.05, 4.69) is 28.7 Å². The van der Waals surface area contributed by atoms with Crippen molar-refractivity contribution in [1.82, 2.24) is 9.97 Å². The third-order valence-corrected chi connectivity index (χ3v) is 2.55. The van der Waals surface area contributed by atoms with Crippen LogP contribution in [0.25, 0.3) is 0 Å². The first-order valence-electron chi connectivity index (χ1n) is 6.77. The molecule has 0 bridgehead atoms. The summed E-state index contributed by atoms with van der Waals surface area (Å²) in [6.45, 7) is 6.38. The molecule has 0 aromatic carbocycles. The first kappa shape index (κ1) is 20.5. The highest BCUT2D eigenvalue weighted by molar-refractivity contribution is 7.79. The van der Waals surface area contributed by atoms with E-state index in [1.54, 1.807) is 18.5 Å². The Morgan fingerprint density at radius 2 is 1.59 bits per heavy atom. The van der Waals surface area contributed by atoms with Gasteiger partial charge in [-0.2, -0.15) is 8.42 Å². The molecule has 1 aromatic heterocycles. The van der Waals surface area contributed by atoms with Crippen LogP contribution in [0.2, 0.25) is 0 Å². The highest BCUT2D eigenvalue weighted by atomic mass is 32.3. The van der Waals surface area contributed by atoms with E-state index >= 15 is 0 Å². The standard InChI is InChI=1S/C12H22N4O.H2O4S/c1-5-7-16(8-6-2)12-9-11(13-10-14-12)15(3)17-4;1-5(2,3)4/h9-10H,5-8H2,1-4H3;(H2,1,2,3,4). The Balaban J connectivity index is 0.000000763. The van der Waals surface area contributed by atoms with Crippen LogP contribution < -0.4 is 9.96 Å². The lowest BCUT2D eigenvalue weighted by Crippen LogP contribution is -2.26. The van der Waals surface area contributed by atoms with Gasteiger partial charge in [0.1, 0.15) is 12.1 Å². The van der Waals surface area contributed by atoms with Crippen molar-refractivity contribution < 1.29 is 22.4 Å². The van der Waals surface area contributed by atoms with Crippen molar-refractivity contribution >= 4 is 22.0 Å². The molecule has 0 unspecified atom stereocenters. The summed E-state index contributed by atoms with van der Waals surface area (Å²) in [5, 5.41) is 1.63. The van der Waals surface area contributed by atoms with Crippen LogP contribution in [-0.2, 0) is 15.2 Å². The molecule has 0 spiro atoms. The number of nitrogens with zero attached hydrogens (tertiary/aromatic N) is 4. The molecule has 2 N–H and O–H groups in total. The van der Waals surface area contributed by atoms with Gasteiger partial charge in [-0.3, -0.25) is 13.9 Å². The maximum atomic E-state index is 8.74. The quantitative estimate of drug-likeness (QED) is 0.563. The number of hydroxylamine groups is 1. The van der Waals surface area contributed by atoms with Gasteiger partial charge in [0.25, 0.3) is 0 Å². The van der Waals surface area contributed by atoms with Crippen LogP contribution >= 0.6 is 0 Å². The van der Waals surface area contributed by atoms with Crippen LogP contribution in [0.3, 0.4) is 0 Å². The van der Waals surface area contributed by atoms with E-state index in [1.807, 2.05) is 13.1 Å². The molecular formula is C12H24N4O5S. The summed E-state index contributed by atoms with van der Waals surface area (Å²) in [7, 11) is -1.21. The lowest BCUT2D eigenvalue weighted by Gasteiger charge is -2.23. The molecule has 0 fully saturated rings. The Kier molecular flexibility index (Phi) is 9.58. The number of hydrogen-bond acceptors (Lipinski definition) is 7. The fourth-order valence-electron chi connectivity index (χ4n) is 1.66. The topological polar surface area (TPSA) is 116 Å². The van der Waals surface area contributed by atoms with Gasteiger partial charge in [0.2, 0.25) is 0 Å². The minimum atomic E-state index is -4.67. The smallest absolute Gasteiger partial charge is 0.356 e. The number of hydrogen-bond donors (Lipinski definition) is 2. The Bertz CT molecular complexity index is 512. The van der Waals surface area contributed by atoms with Crippen LogP contribution in [0, 0.1) is 0 Å². The van der Waals surface area contributed by atoms with Gasteiger partial charge >= 0.3 is 10.4 Å². The zero-order valence-electron chi connectivity index (χ0n) is 13.3. The minimum Gasteiger partial charge on any atom is -0.356 e. The van der Waals surface area contributed by atoms with Crippen LogP contribution in [0.5, 0.6) is 0 Å². The van der Waals surface area contributed by atoms with Gasteiger partial charge in [0.15, 0.2) is 5.82 Å². The lowest BCUT2D eigenvalue weighted by atomic mass is 10.3. The average molecular weight is 336 g/mol. The molecule has 9 nitrogen and oxygen atoms in total. The Morgan fingerprint density at radius 3 is 2.00 bits per heavy atom. The molecule has 128 valence electrons. The van der Waals surface area contributed by atoms with E-state index in [1.165, 1.54) is 0 Å². The summed E-state index contributed by atoms with van der Waals surface area (Å²) >= 11 is 0. The van der Waals surface area contributed by atoms with Crippen molar-refractivity contribution in [2.24, 2.45) is 0 Å². The van der Waals surface area contributed by atoms with Crippen LogP contribution in [0.4, 0.5) is 11.6 Å². The van der Waals surface area contributed by atoms with Gasteiger partial charge in [0.05, 0.1) is 7.11 Å². The summed E-state index contributed by atoms with van der Waals surface area (Å²) in [5.74, 6) is 1.73. The Labute approximate surface area is 131 Å². The molecule has 0 aliphatic rings. The van der Waals surface area contributed by atoms with E-state index in [0.717, 1.165) is 37.6 Å². The van der Waals surface area contributed by atoms with E-state index in [4.69, 9.17) is 22.4 Å². The fourth-order valence-corrected chi connectivity index (χ4v) is 1.66. The normalized spacial score (nSPS) is 10.6. The van der Waals surface area contributed by atoms with Gasteiger partial charge in [-0.1, -0.05) is 13.8 Å². The molecule has 0 amide bonds. The number of aromatic nitrogens is 2. The van der Waals surface area contributed by atoms with Crippen molar-refractivity contribution in [1.29, 1.82) is 0 Å². The molecule has 10 heteroatoms. The maximum Gasteiger partial charge on any atom is 0.394 e. The first-order valence-corrected chi connectivity index (χ1v) is 8.17. The van der Waals surface area contributed by atoms with Crippen LogP contribution in [0.15, 0.2) is 12.4 Å². The minimum absolute atomic E-state index is 0.773. The van der Waals surface area contributed by atoms with E-state index in [-0.39, 0.29) is 0 Å². The molecule has 1 rings (SSSR count). The molecule has 0 aliphatic carbocycles. The highest BCUT2D eigenvalue weighted by Crippen LogP contribution is 2.17. The van der Waals surface area contributed by atoms with Gasteiger partial charge in [-0.25, -0.2) is 15.0 Å². The van der Waals surface area contributed by atoms with Gasteiger partial charge in [-0.05, 0) is 12.8 Å². The molecule has 1 heterocycles. The second-order valence-electron chi connectivity index (χ2n) is 4.35. The van der Waals surface area contributed by atoms with E-state index in [0.29, 0.717) is 0 Å². The zero-order chi connectivity index (χ0) is 17.2. The Morgan fingerprint density at radius 1 is 1.14 bits per heavy atom. The van der Waals surface area contributed by atoms with Gasteiger partial charge in [0, 0.05) is 26.2 Å². The molecule has 0 saturated heterocycles. The molecule has 22 heavy (non-hydrogen) atoms. The van der Waals surface area contributed by atoms with E-state index in [9.17, 15) is 0 Å². The predicted octanol–water partition coefficient (Wildman–Crippen LogP) is 1.45. The van der Waals surface area contributed by atoms with Crippen LogP contribution in [-0.4, -0.2) is 54.7 Å². The highest BCUT2D eigenvalue weighted by Gasteiger charge is 2.09. The summed E-state index contributed by atoms with van der Waals surface area (Å²) in [4.78, 5) is 15.9. The van der Waals surface area contributed by atoms with Crippen molar-refractivity contribution in [3.8, 4) is 0 Å². The van der Waals surface area contributed by atoms with Crippen molar-refractivity contribution in [2.75, 3.05) is 37.2 Å². The summed E-state index contributed by atoms with van der Waals surface area (Å²) in [5.41, 5.74) is 0. The van der Waals surface area contributed by atoms with Crippen molar-refractivity contribution in [3.63, 3.8) is 0 Å². The van der Waals surface area contributed by atoms with Crippen molar-refractivity contribution in [3.05, 3.63) is 12.4 Å². The van der Waals surface area contributed by atoms with Gasteiger partial charge in [-0.15, -0.1) is 0 Å². The third kappa shape index (κ3) is 9.45. The van der Waals surface area contributed by atoms with E-state index < -0.39 is 10.4 Å². The number of anilines is 2. The fraction of sp³-hybridized carbons (Fsp3) is 0.667. The third-order valence-electron chi connectivity index (χ3n) is 2.55. The lowest BCUT2D eigenvalue weighted by molar-refractivity contribution is 0.182. The SMILES string of the molecule is CCCN(CCC)c1cc(N(C)OC)ncn1.O=S(=O)(O)O. The monoisotopic (exact) mass is 336 g/mol. The summed E-state index contributed by atoms with van der Waals surface area (Å²) < 4.78 is 31.6. The molecule has 0 aliphatic heterocycles. The van der Waals surface area contributed by atoms with Crippen LogP contribution in [0.1, 0.15) is 26.7 Å². The first-order chi connectivity index (χ1) is 10.2. The predicted molar refractivity (Wildman–Crippen MR) is 84.4 cm³/mol. The largest absolute Gasteiger partial charge is 0.394 e. The summed E-state index contributed by atoms with van der Waals surface area (Å²) in [6, 6.07) is 1.95. The second kappa shape index (κ2) is 10.3. The zero-order valence-corrected chi connectivity index (χ0v) is 14.1. The second-order valence-corrected chi connectivity index (χ2v) is 5.24. The molecule has 1 aromatic rings. The molecule has 0 radical (unpaired) electrons. The van der Waals surface area contributed by atoms with Crippen molar-refractivity contribution in [2.45, 2.75) is 26.7 Å². The Hall–Kier alpha value is -1.49.